The maximum absolute atomic E-state index is 13.0. The number of hydrogen-bond acceptors (Lipinski definition) is 7. The van der Waals surface area contributed by atoms with Gasteiger partial charge in [0.05, 0.1) is 34.2 Å². The number of nitrogens with zero attached hydrogens (tertiary/aromatic N) is 4. The van der Waals surface area contributed by atoms with Crippen molar-refractivity contribution in [3.8, 4) is 0 Å². The Morgan fingerprint density at radius 1 is 1.25 bits per heavy atom. The van der Waals surface area contributed by atoms with E-state index in [2.05, 4.69) is 15.3 Å². The number of hydrogen-bond donors (Lipinski definition) is 1. The van der Waals surface area contributed by atoms with Gasteiger partial charge in [-0.25, -0.2) is 18.4 Å². The van der Waals surface area contributed by atoms with E-state index in [0.29, 0.717) is 57.8 Å². The third kappa shape index (κ3) is 5.01. The molecule has 3 aromatic rings. The minimum Gasteiger partial charge on any atom is -0.379 e. The zero-order chi connectivity index (χ0) is 22.6. The third-order valence-electron chi connectivity index (χ3n) is 5.44. The molecule has 1 fully saturated rings. The number of aromatic nitrogens is 3. The van der Waals surface area contributed by atoms with Crippen LogP contribution in [0.5, 0.6) is 0 Å². The highest BCUT2D eigenvalue weighted by molar-refractivity contribution is 7.89. The van der Waals surface area contributed by atoms with Crippen LogP contribution in [0.3, 0.4) is 0 Å². The monoisotopic (exact) mass is 477 g/mol. The summed E-state index contributed by atoms with van der Waals surface area (Å²) in [6, 6.07) is 5.07. The summed E-state index contributed by atoms with van der Waals surface area (Å²) in [7, 11) is -3.58. The van der Waals surface area contributed by atoms with E-state index in [0.717, 1.165) is 22.8 Å². The normalized spacial score (nSPS) is 15.3. The minimum atomic E-state index is -3.58. The van der Waals surface area contributed by atoms with Gasteiger partial charge < -0.3 is 14.6 Å². The average Bonchev–Trinajstić information content (AvgIpc) is 3.45. The van der Waals surface area contributed by atoms with Gasteiger partial charge in [-0.05, 0) is 25.1 Å². The first-order valence-electron chi connectivity index (χ1n) is 10.7. The van der Waals surface area contributed by atoms with Crippen molar-refractivity contribution in [3.63, 3.8) is 0 Å². The third-order valence-corrected chi connectivity index (χ3v) is 8.18. The molecule has 1 aliphatic heterocycles. The van der Waals surface area contributed by atoms with Crippen LogP contribution in [0.1, 0.15) is 24.2 Å². The minimum absolute atomic E-state index is 0.0353. The molecule has 3 heterocycles. The van der Waals surface area contributed by atoms with E-state index in [4.69, 9.17) is 4.74 Å². The van der Waals surface area contributed by atoms with Gasteiger partial charge in [-0.2, -0.15) is 4.31 Å². The van der Waals surface area contributed by atoms with Crippen LogP contribution in [0.25, 0.3) is 11.0 Å². The molecule has 0 radical (unpaired) electrons. The first kappa shape index (κ1) is 22.8. The Morgan fingerprint density at radius 3 is 2.78 bits per heavy atom. The molecule has 1 saturated heterocycles. The van der Waals surface area contributed by atoms with E-state index in [-0.39, 0.29) is 10.8 Å². The molecule has 0 atom stereocenters. The Kier molecular flexibility index (Phi) is 7.19. The summed E-state index contributed by atoms with van der Waals surface area (Å²) in [5, 5.41) is 5.84. The van der Waals surface area contributed by atoms with Crippen LogP contribution in [0.2, 0.25) is 0 Å². The van der Waals surface area contributed by atoms with Gasteiger partial charge in [0.2, 0.25) is 15.9 Å². The summed E-state index contributed by atoms with van der Waals surface area (Å²) in [6.45, 7) is 4.77. The lowest BCUT2D eigenvalue weighted by atomic mass is 10.2. The Labute approximate surface area is 191 Å². The van der Waals surface area contributed by atoms with Gasteiger partial charge in [0.1, 0.15) is 5.82 Å². The van der Waals surface area contributed by atoms with Crippen molar-refractivity contribution in [1.82, 2.24) is 24.2 Å². The summed E-state index contributed by atoms with van der Waals surface area (Å²) < 4.78 is 34.7. The quantitative estimate of drug-likeness (QED) is 0.504. The molecule has 0 unspecified atom stereocenters. The van der Waals surface area contributed by atoms with Crippen molar-refractivity contribution in [2.75, 3.05) is 32.8 Å². The highest BCUT2D eigenvalue weighted by Crippen LogP contribution is 2.24. The molecule has 0 saturated carbocycles. The number of amides is 1. The van der Waals surface area contributed by atoms with E-state index in [1.807, 2.05) is 16.9 Å². The Balaban J connectivity index is 1.44. The summed E-state index contributed by atoms with van der Waals surface area (Å²) in [4.78, 5) is 21.4. The number of benzene rings is 1. The van der Waals surface area contributed by atoms with Crippen LogP contribution in [0.15, 0.2) is 34.7 Å². The van der Waals surface area contributed by atoms with E-state index < -0.39 is 10.0 Å². The number of carbonyl (C=O) groups excluding carboxylic acids is 1. The Hall–Kier alpha value is -2.34. The molecule has 0 aliphatic carbocycles. The maximum atomic E-state index is 13.0. The molecule has 2 aromatic heterocycles. The van der Waals surface area contributed by atoms with Crippen molar-refractivity contribution in [2.45, 2.75) is 37.6 Å². The maximum Gasteiger partial charge on any atom is 0.243 e. The van der Waals surface area contributed by atoms with Crippen molar-refractivity contribution >= 4 is 38.3 Å². The summed E-state index contributed by atoms with van der Waals surface area (Å²) in [6.07, 6.45) is 3.28. The highest BCUT2D eigenvalue weighted by Gasteiger charge is 2.27. The largest absolute Gasteiger partial charge is 0.379 e. The lowest BCUT2D eigenvalue weighted by molar-refractivity contribution is -0.121. The zero-order valence-electron chi connectivity index (χ0n) is 18.0. The van der Waals surface area contributed by atoms with Crippen LogP contribution in [0, 0.1) is 0 Å². The summed E-state index contributed by atoms with van der Waals surface area (Å²) in [5.41, 5.74) is 1.49. The lowest BCUT2D eigenvalue weighted by Gasteiger charge is -2.26. The number of ether oxygens (including phenoxy) is 1. The Morgan fingerprint density at radius 2 is 2.06 bits per heavy atom. The fourth-order valence-corrected chi connectivity index (χ4v) is 5.85. The lowest BCUT2D eigenvalue weighted by Crippen LogP contribution is -2.40. The topological polar surface area (TPSA) is 106 Å². The smallest absolute Gasteiger partial charge is 0.243 e. The molecule has 4 rings (SSSR count). The summed E-state index contributed by atoms with van der Waals surface area (Å²) >= 11 is 1.58. The second-order valence-corrected chi connectivity index (χ2v) is 10.4. The van der Waals surface area contributed by atoms with Crippen molar-refractivity contribution in [2.24, 2.45) is 0 Å². The van der Waals surface area contributed by atoms with Crippen LogP contribution in [-0.4, -0.2) is 66.0 Å². The van der Waals surface area contributed by atoms with Crippen molar-refractivity contribution in [3.05, 3.63) is 40.6 Å². The van der Waals surface area contributed by atoms with Crippen molar-refractivity contribution in [1.29, 1.82) is 0 Å². The zero-order valence-corrected chi connectivity index (χ0v) is 19.6. The second-order valence-electron chi connectivity index (χ2n) is 7.47. The van der Waals surface area contributed by atoms with E-state index in [1.54, 1.807) is 35.7 Å². The number of morpholine rings is 1. The van der Waals surface area contributed by atoms with Crippen LogP contribution in [-0.2, 0) is 38.9 Å². The molecule has 11 heteroatoms. The average molecular weight is 478 g/mol. The highest BCUT2D eigenvalue weighted by atomic mass is 32.2. The number of nitrogens with one attached hydrogen (secondary N) is 1. The van der Waals surface area contributed by atoms with Crippen molar-refractivity contribution < 1.29 is 17.9 Å². The number of aryl methyl sites for hydroxylation is 2. The molecule has 0 spiro atoms. The molecule has 1 N–H and O–H groups in total. The predicted molar refractivity (Wildman–Crippen MR) is 122 cm³/mol. The molecule has 1 aliphatic rings. The summed E-state index contributed by atoms with van der Waals surface area (Å²) in [5.74, 6) is 0.741. The van der Waals surface area contributed by atoms with Crippen LogP contribution < -0.4 is 5.32 Å². The van der Waals surface area contributed by atoms with Gasteiger partial charge in [-0.1, -0.05) is 0 Å². The number of thiazole rings is 1. The van der Waals surface area contributed by atoms with E-state index in [9.17, 15) is 13.2 Å². The molecule has 1 aromatic carbocycles. The predicted octanol–water partition coefficient (Wildman–Crippen LogP) is 1.83. The fourth-order valence-electron chi connectivity index (χ4n) is 3.80. The molecular weight excluding hydrogens is 450 g/mol. The number of fused-ring (bicyclic) bond motifs is 1. The van der Waals surface area contributed by atoms with Gasteiger partial charge >= 0.3 is 0 Å². The van der Waals surface area contributed by atoms with Gasteiger partial charge in [0, 0.05) is 57.0 Å². The molecular formula is C21H27N5O4S2. The number of sulfonamides is 1. The van der Waals surface area contributed by atoms with Crippen LogP contribution >= 0.6 is 11.3 Å². The molecule has 172 valence electrons. The molecule has 0 bridgehead atoms. The van der Waals surface area contributed by atoms with Gasteiger partial charge in [0.25, 0.3) is 0 Å². The fraction of sp³-hybridized carbons (Fsp3) is 0.476. The van der Waals surface area contributed by atoms with E-state index in [1.165, 1.54) is 4.31 Å². The molecule has 1 amide bonds. The standard InChI is InChI=1S/C21H27N5O4S2/c1-2-26-18-4-3-16(32(28,29)25-10-12-30-13-11-25)15-17(18)24-19(26)5-6-20(27)22-8-7-21-23-9-14-31-21/h3-4,9,14-15H,2,5-8,10-13H2,1H3,(H,22,27). The SMILES string of the molecule is CCn1c(CCC(=O)NCCc2nccs2)nc2cc(S(=O)(=O)N3CCOCC3)ccc21. The Bertz CT molecular complexity index is 1170. The first-order valence-corrected chi connectivity index (χ1v) is 13.0. The second kappa shape index (κ2) is 10.1. The van der Waals surface area contributed by atoms with Gasteiger partial charge in [0.15, 0.2) is 0 Å². The number of imidazole rings is 1. The first-order chi connectivity index (χ1) is 15.5. The van der Waals surface area contributed by atoms with E-state index >= 15 is 0 Å². The van der Waals surface area contributed by atoms with Gasteiger partial charge in [-0.3, -0.25) is 4.79 Å². The van der Waals surface area contributed by atoms with Crippen LogP contribution in [0.4, 0.5) is 0 Å². The molecule has 32 heavy (non-hydrogen) atoms. The number of rotatable bonds is 9. The number of carbonyl (C=O) groups is 1. The molecule has 9 nitrogen and oxygen atoms in total. The van der Waals surface area contributed by atoms with Gasteiger partial charge in [-0.15, -0.1) is 11.3 Å².